The summed E-state index contributed by atoms with van der Waals surface area (Å²) >= 11 is 0. The molecule has 1 aromatic carbocycles. The van der Waals surface area contributed by atoms with Crippen LogP contribution in [-0.2, 0) is 16.0 Å². The van der Waals surface area contributed by atoms with Gasteiger partial charge in [-0.2, -0.15) is 0 Å². The molecular formula is C30H51NO5. The number of carbonyl (C=O) groups excluding carboxylic acids is 1. The quantitative estimate of drug-likeness (QED) is 0.0713. The number of nitrogens with zero attached hydrogens (tertiary/aromatic N) is 1. The first kappa shape index (κ1) is 31.8. The minimum Gasteiger partial charge on any atom is -0.505 e. The Balaban J connectivity index is 2.44. The van der Waals surface area contributed by atoms with Gasteiger partial charge in [0.05, 0.1) is 20.1 Å². The number of hydrogen-bond donors (Lipinski definition) is 2. The van der Waals surface area contributed by atoms with Crippen molar-refractivity contribution in [3.8, 4) is 17.2 Å². The Kier molecular flexibility index (Phi) is 18.5. The second kappa shape index (κ2) is 20.9. The standard InChI is InChI=1S/C30H51NO5/c1-4-6-8-10-11-12-13-14-15-16-17-20-25-29(34)26(24-27(32)30(25)35-3)31-22-19-21-28(33)36-23-18-9-7-5-2/h22,24,32,34H,4-21,23H2,1-3H3. The third-order valence-corrected chi connectivity index (χ3v) is 6.51. The van der Waals surface area contributed by atoms with E-state index in [1.165, 1.54) is 71.0 Å². The van der Waals surface area contributed by atoms with Crippen molar-refractivity contribution in [3.05, 3.63) is 11.6 Å². The third kappa shape index (κ3) is 13.7. The number of ether oxygens (including phenoxy) is 2. The first-order chi connectivity index (χ1) is 17.5. The van der Waals surface area contributed by atoms with Crippen LogP contribution in [0.15, 0.2) is 11.1 Å². The van der Waals surface area contributed by atoms with Crippen LogP contribution in [0.4, 0.5) is 5.69 Å². The number of phenols is 2. The fourth-order valence-electron chi connectivity index (χ4n) is 4.34. The van der Waals surface area contributed by atoms with Gasteiger partial charge in [0, 0.05) is 17.8 Å². The third-order valence-electron chi connectivity index (χ3n) is 6.51. The van der Waals surface area contributed by atoms with Crippen LogP contribution in [0.3, 0.4) is 0 Å². The lowest BCUT2D eigenvalue weighted by atomic mass is 10.0. The van der Waals surface area contributed by atoms with Gasteiger partial charge in [0.15, 0.2) is 11.5 Å². The van der Waals surface area contributed by atoms with E-state index in [9.17, 15) is 15.0 Å². The highest BCUT2D eigenvalue weighted by molar-refractivity contribution is 5.76. The van der Waals surface area contributed by atoms with Gasteiger partial charge in [0.25, 0.3) is 0 Å². The van der Waals surface area contributed by atoms with Crippen LogP contribution < -0.4 is 4.74 Å². The Bertz CT molecular complexity index is 747. The summed E-state index contributed by atoms with van der Waals surface area (Å²) in [7, 11) is 1.50. The molecule has 0 heterocycles. The number of unbranched alkanes of at least 4 members (excludes halogenated alkanes) is 13. The first-order valence-electron chi connectivity index (χ1n) is 14.3. The lowest BCUT2D eigenvalue weighted by Gasteiger charge is -2.14. The summed E-state index contributed by atoms with van der Waals surface area (Å²) in [5.74, 6) is 0.0700. The highest BCUT2D eigenvalue weighted by atomic mass is 16.5. The minimum absolute atomic E-state index is 0.0338. The van der Waals surface area contributed by atoms with Crippen LogP contribution in [-0.4, -0.2) is 36.1 Å². The number of aliphatic imine (C=N–C) groups is 1. The van der Waals surface area contributed by atoms with E-state index >= 15 is 0 Å². The fourth-order valence-corrected chi connectivity index (χ4v) is 4.34. The molecule has 0 saturated heterocycles. The number of rotatable bonds is 22. The van der Waals surface area contributed by atoms with E-state index in [4.69, 9.17) is 9.47 Å². The van der Waals surface area contributed by atoms with Crippen molar-refractivity contribution in [2.45, 2.75) is 129 Å². The van der Waals surface area contributed by atoms with Crippen LogP contribution in [0, 0.1) is 0 Å². The second-order valence-electron chi connectivity index (χ2n) is 9.69. The van der Waals surface area contributed by atoms with Crippen molar-refractivity contribution in [1.29, 1.82) is 0 Å². The molecular weight excluding hydrogens is 454 g/mol. The number of carbonyl (C=O) groups is 1. The predicted octanol–water partition coefficient (Wildman–Crippen LogP) is 8.57. The van der Waals surface area contributed by atoms with E-state index in [2.05, 4.69) is 18.8 Å². The number of benzene rings is 1. The zero-order chi connectivity index (χ0) is 26.4. The van der Waals surface area contributed by atoms with Crippen molar-refractivity contribution < 1.29 is 24.5 Å². The Labute approximate surface area is 219 Å². The van der Waals surface area contributed by atoms with Gasteiger partial charge in [-0.15, -0.1) is 0 Å². The summed E-state index contributed by atoms with van der Waals surface area (Å²) in [5.41, 5.74) is 0.881. The van der Waals surface area contributed by atoms with Crippen LogP contribution in [0.1, 0.15) is 129 Å². The summed E-state index contributed by atoms with van der Waals surface area (Å²) in [6.07, 6.45) is 20.9. The molecule has 0 unspecified atom stereocenters. The summed E-state index contributed by atoms with van der Waals surface area (Å²) in [5, 5.41) is 21.2. The molecule has 0 aromatic heterocycles. The molecule has 36 heavy (non-hydrogen) atoms. The molecule has 0 atom stereocenters. The Morgan fingerprint density at radius 2 is 1.42 bits per heavy atom. The van der Waals surface area contributed by atoms with Gasteiger partial charge in [-0.1, -0.05) is 97.3 Å². The summed E-state index contributed by atoms with van der Waals surface area (Å²) < 4.78 is 10.6. The largest absolute Gasteiger partial charge is 0.505 e. The molecule has 1 rings (SSSR count). The lowest BCUT2D eigenvalue weighted by Crippen LogP contribution is -2.05. The smallest absolute Gasteiger partial charge is 0.306 e. The van der Waals surface area contributed by atoms with E-state index in [1.807, 2.05) is 0 Å². The Morgan fingerprint density at radius 3 is 2.00 bits per heavy atom. The van der Waals surface area contributed by atoms with E-state index in [0.29, 0.717) is 36.4 Å². The molecule has 2 N–H and O–H groups in total. The molecule has 0 aliphatic heterocycles. The first-order valence-corrected chi connectivity index (χ1v) is 14.3. The fraction of sp³-hybridized carbons (Fsp3) is 0.733. The van der Waals surface area contributed by atoms with Crippen molar-refractivity contribution >= 4 is 17.9 Å². The molecule has 0 saturated carbocycles. The summed E-state index contributed by atoms with van der Waals surface area (Å²) in [4.78, 5) is 16.1. The van der Waals surface area contributed by atoms with Gasteiger partial charge < -0.3 is 19.7 Å². The molecule has 0 amide bonds. The predicted molar refractivity (Wildman–Crippen MR) is 149 cm³/mol. The number of hydrogen-bond acceptors (Lipinski definition) is 6. The summed E-state index contributed by atoms with van der Waals surface area (Å²) in [6.45, 7) is 4.86. The molecule has 0 bridgehead atoms. The average molecular weight is 506 g/mol. The molecule has 0 fully saturated rings. The second-order valence-corrected chi connectivity index (χ2v) is 9.69. The zero-order valence-corrected chi connectivity index (χ0v) is 23.2. The molecule has 206 valence electrons. The van der Waals surface area contributed by atoms with E-state index < -0.39 is 0 Å². The number of aromatic hydroxyl groups is 2. The molecule has 1 aromatic rings. The Morgan fingerprint density at radius 1 is 0.861 bits per heavy atom. The van der Waals surface area contributed by atoms with E-state index in [-0.39, 0.29) is 23.9 Å². The SMILES string of the molecule is CCCCCCCCCCCCCc1c(O)c(N=CCCC(=O)OCCCCCC)cc(O)c1OC. The number of esters is 1. The Hall–Kier alpha value is -2.24. The van der Waals surface area contributed by atoms with Gasteiger partial charge in [0.2, 0.25) is 0 Å². The average Bonchev–Trinajstić information content (AvgIpc) is 2.87. The van der Waals surface area contributed by atoms with Crippen molar-refractivity contribution in [3.63, 3.8) is 0 Å². The lowest BCUT2D eigenvalue weighted by molar-refractivity contribution is -0.143. The molecule has 6 heteroatoms. The van der Waals surface area contributed by atoms with Gasteiger partial charge in [-0.05, 0) is 25.7 Å². The summed E-state index contributed by atoms with van der Waals surface area (Å²) in [6, 6.07) is 1.40. The maximum Gasteiger partial charge on any atom is 0.306 e. The van der Waals surface area contributed by atoms with E-state index in [1.54, 1.807) is 6.21 Å². The van der Waals surface area contributed by atoms with Gasteiger partial charge in [-0.3, -0.25) is 9.79 Å². The highest BCUT2D eigenvalue weighted by Gasteiger charge is 2.17. The zero-order valence-electron chi connectivity index (χ0n) is 23.2. The van der Waals surface area contributed by atoms with Crippen molar-refractivity contribution in [2.75, 3.05) is 13.7 Å². The minimum atomic E-state index is -0.239. The van der Waals surface area contributed by atoms with E-state index in [0.717, 1.165) is 38.5 Å². The number of methoxy groups -OCH3 is 1. The molecule has 0 radical (unpaired) electrons. The topological polar surface area (TPSA) is 88.4 Å². The van der Waals surface area contributed by atoms with Crippen LogP contribution in [0.2, 0.25) is 0 Å². The normalized spacial score (nSPS) is 11.3. The number of phenolic OH excluding ortho intramolecular Hbond substituents is 2. The molecule has 6 nitrogen and oxygen atoms in total. The van der Waals surface area contributed by atoms with Crippen LogP contribution >= 0.6 is 0 Å². The molecule has 0 aliphatic rings. The van der Waals surface area contributed by atoms with Crippen LogP contribution in [0.25, 0.3) is 0 Å². The molecule has 0 aliphatic carbocycles. The monoisotopic (exact) mass is 505 g/mol. The van der Waals surface area contributed by atoms with Crippen LogP contribution in [0.5, 0.6) is 17.2 Å². The molecule has 0 spiro atoms. The highest BCUT2D eigenvalue weighted by Crippen LogP contribution is 2.44. The van der Waals surface area contributed by atoms with Gasteiger partial charge >= 0.3 is 5.97 Å². The maximum absolute atomic E-state index is 11.8. The van der Waals surface area contributed by atoms with Gasteiger partial charge in [0.1, 0.15) is 11.4 Å². The van der Waals surface area contributed by atoms with Gasteiger partial charge in [-0.25, -0.2) is 0 Å². The van der Waals surface area contributed by atoms with Crippen molar-refractivity contribution in [2.24, 2.45) is 4.99 Å². The van der Waals surface area contributed by atoms with Crippen molar-refractivity contribution in [1.82, 2.24) is 0 Å². The maximum atomic E-state index is 11.8.